The Morgan fingerprint density at radius 2 is 2.03 bits per heavy atom. The highest BCUT2D eigenvalue weighted by molar-refractivity contribution is 7.89. The average Bonchev–Trinajstić information content (AvgIpc) is 3.26. The predicted octanol–water partition coefficient (Wildman–Crippen LogP) is 2.83. The number of benzene rings is 2. The Labute approximate surface area is 182 Å². The fourth-order valence-electron chi connectivity index (χ4n) is 3.22. The molecule has 7 nitrogen and oxygen atoms in total. The molecule has 0 aliphatic carbocycles. The molecule has 1 aliphatic rings. The van der Waals surface area contributed by atoms with E-state index in [-0.39, 0.29) is 35.0 Å². The molecule has 2 aromatic rings. The second-order valence-electron chi connectivity index (χ2n) is 6.99. The first-order valence-electron chi connectivity index (χ1n) is 9.66. The van der Waals surface area contributed by atoms with Crippen LogP contribution in [0.2, 0.25) is 5.02 Å². The third-order valence-corrected chi connectivity index (χ3v) is 6.92. The van der Waals surface area contributed by atoms with Gasteiger partial charge < -0.3 is 14.8 Å². The van der Waals surface area contributed by atoms with E-state index in [1.165, 1.54) is 25.3 Å². The summed E-state index contributed by atoms with van der Waals surface area (Å²) in [5, 5.41) is 2.96. The van der Waals surface area contributed by atoms with Crippen molar-refractivity contribution < 1.29 is 22.7 Å². The first-order valence-corrected chi connectivity index (χ1v) is 11.5. The van der Waals surface area contributed by atoms with E-state index in [9.17, 15) is 13.2 Å². The number of carbonyl (C=O) groups is 1. The summed E-state index contributed by atoms with van der Waals surface area (Å²) in [7, 11) is -2.52. The SMILES string of the molecule is COc1ccc(S(=O)(=O)N(CC(=O)NC[C@@H]2CCCO2)Cc2ccccc2)cc1Cl. The van der Waals surface area contributed by atoms with Gasteiger partial charge in [0.05, 0.1) is 29.7 Å². The van der Waals surface area contributed by atoms with Gasteiger partial charge in [0.15, 0.2) is 0 Å². The lowest BCUT2D eigenvalue weighted by Crippen LogP contribution is -2.42. The van der Waals surface area contributed by atoms with Gasteiger partial charge in [-0.3, -0.25) is 4.79 Å². The zero-order chi connectivity index (χ0) is 21.6. The van der Waals surface area contributed by atoms with E-state index >= 15 is 0 Å². The molecule has 1 N–H and O–H groups in total. The molecule has 0 unspecified atom stereocenters. The number of methoxy groups -OCH3 is 1. The van der Waals surface area contributed by atoms with Crippen molar-refractivity contribution in [2.24, 2.45) is 0 Å². The van der Waals surface area contributed by atoms with E-state index < -0.39 is 10.0 Å². The van der Waals surface area contributed by atoms with Gasteiger partial charge in [-0.25, -0.2) is 8.42 Å². The lowest BCUT2D eigenvalue weighted by molar-refractivity contribution is -0.121. The summed E-state index contributed by atoms with van der Waals surface area (Å²) < 4.78 is 38.4. The minimum atomic E-state index is -3.98. The maximum absolute atomic E-state index is 13.3. The highest BCUT2D eigenvalue weighted by Crippen LogP contribution is 2.29. The molecular weight excluding hydrogens is 428 g/mol. The zero-order valence-corrected chi connectivity index (χ0v) is 18.3. The molecule has 3 rings (SSSR count). The normalized spacial score (nSPS) is 16.6. The smallest absolute Gasteiger partial charge is 0.243 e. The van der Waals surface area contributed by atoms with Crippen molar-refractivity contribution in [3.05, 3.63) is 59.1 Å². The van der Waals surface area contributed by atoms with E-state index in [4.69, 9.17) is 21.1 Å². The van der Waals surface area contributed by atoms with Crippen LogP contribution in [0.25, 0.3) is 0 Å². The highest BCUT2D eigenvalue weighted by atomic mass is 35.5. The average molecular weight is 453 g/mol. The standard InChI is InChI=1S/C21H25ClN2O5S/c1-28-20-10-9-18(12-19(20)22)30(26,27)24(14-16-6-3-2-4-7-16)15-21(25)23-13-17-8-5-11-29-17/h2-4,6-7,9-10,12,17H,5,8,11,13-15H2,1H3,(H,23,25)/t17-/m0/s1. The number of nitrogens with one attached hydrogen (secondary N) is 1. The summed E-state index contributed by atoms with van der Waals surface area (Å²) in [6, 6.07) is 13.4. The molecular formula is C21H25ClN2O5S. The molecule has 1 amide bonds. The fourth-order valence-corrected chi connectivity index (χ4v) is 4.95. The molecule has 0 bridgehead atoms. The van der Waals surface area contributed by atoms with Crippen LogP contribution in [-0.2, 0) is 26.1 Å². The van der Waals surface area contributed by atoms with Gasteiger partial charge in [-0.1, -0.05) is 41.9 Å². The van der Waals surface area contributed by atoms with Crippen LogP contribution in [0.3, 0.4) is 0 Å². The Hall–Kier alpha value is -2.13. The van der Waals surface area contributed by atoms with E-state index in [1.807, 2.05) is 30.3 Å². The van der Waals surface area contributed by atoms with Gasteiger partial charge in [0.25, 0.3) is 0 Å². The van der Waals surface area contributed by atoms with E-state index in [2.05, 4.69) is 5.32 Å². The minimum Gasteiger partial charge on any atom is -0.495 e. The number of ether oxygens (including phenoxy) is 2. The first-order chi connectivity index (χ1) is 14.4. The van der Waals surface area contributed by atoms with Crippen molar-refractivity contribution >= 4 is 27.5 Å². The number of rotatable bonds is 9. The lowest BCUT2D eigenvalue weighted by atomic mass is 10.2. The quantitative estimate of drug-likeness (QED) is 0.632. The first kappa shape index (κ1) is 22.6. The van der Waals surface area contributed by atoms with Crippen LogP contribution >= 0.6 is 11.6 Å². The molecule has 162 valence electrons. The monoisotopic (exact) mass is 452 g/mol. The van der Waals surface area contributed by atoms with Gasteiger partial charge in [-0.15, -0.1) is 0 Å². The van der Waals surface area contributed by atoms with Gasteiger partial charge in [-0.2, -0.15) is 4.31 Å². The van der Waals surface area contributed by atoms with Crippen molar-refractivity contribution in [3.63, 3.8) is 0 Å². The molecule has 0 saturated carbocycles. The second-order valence-corrected chi connectivity index (χ2v) is 9.34. The zero-order valence-electron chi connectivity index (χ0n) is 16.7. The molecule has 0 radical (unpaired) electrons. The van der Waals surface area contributed by atoms with Crippen LogP contribution in [0.4, 0.5) is 0 Å². The maximum Gasteiger partial charge on any atom is 0.243 e. The lowest BCUT2D eigenvalue weighted by Gasteiger charge is -2.23. The summed E-state index contributed by atoms with van der Waals surface area (Å²) in [4.78, 5) is 12.5. The largest absolute Gasteiger partial charge is 0.495 e. The van der Waals surface area contributed by atoms with E-state index in [0.29, 0.717) is 18.9 Å². The molecule has 1 saturated heterocycles. The topological polar surface area (TPSA) is 84.9 Å². The second kappa shape index (κ2) is 10.3. The number of halogens is 1. The minimum absolute atomic E-state index is 0.00356. The Balaban J connectivity index is 1.80. The predicted molar refractivity (Wildman–Crippen MR) is 114 cm³/mol. The summed E-state index contributed by atoms with van der Waals surface area (Å²) in [5.74, 6) is -0.0100. The van der Waals surface area contributed by atoms with Gasteiger partial charge in [-0.05, 0) is 36.6 Å². The Morgan fingerprint density at radius 3 is 2.67 bits per heavy atom. The van der Waals surface area contributed by atoms with Gasteiger partial charge in [0.2, 0.25) is 15.9 Å². The van der Waals surface area contributed by atoms with Crippen molar-refractivity contribution in [1.82, 2.24) is 9.62 Å². The van der Waals surface area contributed by atoms with Gasteiger partial charge >= 0.3 is 0 Å². The molecule has 1 fully saturated rings. The number of carbonyl (C=O) groups excluding carboxylic acids is 1. The van der Waals surface area contributed by atoms with Gasteiger partial charge in [0, 0.05) is 19.7 Å². The van der Waals surface area contributed by atoms with Crippen LogP contribution in [-0.4, -0.2) is 51.5 Å². The number of sulfonamides is 1. The number of hydrogen-bond acceptors (Lipinski definition) is 5. The molecule has 0 spiro atoms. The molecule has 1 aliphatic heterocycles. The molecule has 30 heavy (non-hydrogen) atoms. The number of hydrogen-bond donors (Lipinski definition) is 1. The van der Waals surface area contributed by atoms with Crippen LogP contribution < -0.4 is 10.1 Å². The van der Waals surface area contributed by atoms with Crippen molar-refractivity contribution in [2.45, 2.75) is 30.4 Å². The molecule has 1 heterocycles. The Kier molecular flexibility index (Phi) is 7.71. The third-order valence-electron chi connectivity index (χ3n) is 4.83. The van der Waals surface area contributed by atoms with Crippen LogP contribution in [0.1, 0.15) is 18.4 Å². The van der Waals surface area contributed by atoms with Crippen LogP contribution in [0.15, 0.2) is 53.4 Å². The summed E-state index contributed by atoms with van der Waals surface area (Å²) >= 11 is 6.13. The van der Waals surface area contributed by atoms with Crippen LogP contribution in [0, 0.1) is 0 Å². The summed E-state index contributed by atoms with van der Waals surface area (Å²) in [5.41, 5.74) is 0.771. The fraction of sp³-hybridized carbons (Fsp3) is 0.381. The third kappa shape index (κ3) is 5.72. The van der Waals surface area contributed by atoms with Crippen molar-refractivity contribution in [1.29, 1.82) is 0 Å². The molecule has 0 aromatic heterocycles. The van der Waals surface area contributed by atoms with E-state index in [1.54, 1.807) is 0 Å². The van der Waals surface area contributed by atoms with Crippen LogP contribution in [0.5, 0.6) is 5.75 Å². The summed E-state index contributed by atoms with van der Waals surface area (Å²) in [6.45, 7) is 0.799. The maximum atomic E-state index is 13.3. The molecule has 1 atom stereocenters. The molecule has 2 aromatic carbocycles. The van der Waals surface area contributed by atoms with Gasteiger partial charge in [0.1, 0.15) is 5.75 Å². The number of amides is 1. The Morgan fingerprint density at radius 1 is 1.27 bits per heavy atom. The summed E-state index contributed by atoms with van der Waals surface area (Å²) in [6.07, 6.45) is 1.83. The number of nitrogens with zero attached hydrogens (tertiary/aromatic N) is 1. The van der Waals surface area contributed by atoms with Crippen molar-refractivity contribution in [2.75, 3.05) is 26.8 Å². The molecule has 9 heteroatoms. The van der Waals surface area contributed by atoms with E-state index in [0.717, 1.165) is 22.7 Å². The van der Waals surface area contributed by atoms with Crippen molar-refractivity contribution in [3.8, 4) is 5.75 Å². The highest BCUT2D eigenvalue weighted by Gasteiger charge is 2.28. The Bertz CT molecular complexity index is 963.